The topological polar surface area (TPSA) is 125 Å². The van der Waals surface area contributed by atoms with Crippen LogP contribution >= 0.6 is 0 Å². The molecule has 0 unspecified atom stereocenters. The fourth-order valence-electron chi connectivity index (χ4n) is 5.48. The van der Waals surface area contributed by atoms with Gasteiger partial charge in [-0.25, -0.2) is 0 Å². The lowest BCUT2D eigenvalue weighted by Gasteiger charge is -2.13. The quantitative estimate of drug-likeness (QED) is 0.0863. The number of rotatable bonds is 14. The molecule has 9 nitrogen and oxygen atoms in total. The number of benzene rings is 6. The molecule has 0 aliphatic carbocycles. The van der Waals surface area contributed by atoms with Crippen molar-refractivity contribution >= 4 is 21.7 Å². The van der Waals surface area contributed by atoms with E-state index < -0.39 is 15.9 Å². The van der Waals surface area contributed by atoms with Crippen LogP contribution in [0.2, 0.25) is 0 Å². The zero-order valence-electron chi connectivity index (χ0n) is 29.2. The molecule has 53 heavy (non-hydrogen) atoms. The van der Waals surface area contributed by atoms with Crippen LogP contribution in [0.3, 0.4) is 0 Å². The van der Waals surface area contributed by atoms with Crippen LogP contribution in [0.5, 0.6) is 34.5 Å². The first-order chi connectivity index (χ1) is 25.4. The molecule has 0 saturated carbocycles. The van der Waals surface area contributed by atoms with Crippen molar-refractivity contribution in [2.45, 2.75) is 26.2 Å². The Labute approximate surface area is 308 Å². The summed E-state index contributed by atoms with van der Waals surface area (Å²) in [5, 5.41) is 0. The van der Waals surface area contributed by atoms with Crippen molar-refractivity contribution in [3.05, 3.63) is 178 Å². The zero-order valence-corrected chi connectivity index (χ0v) is 30.1. The third kappa shape index (κ3) is 9.56. The maximum absolute atomic E-state index is 13.2. The van der Waals surface area contributed by atoms with Crippen LogP contribution in [-0.4, -0.2) is 31.6 Å². The van der Waals surface area contributed by atoms with Gasteiger partial charge in [-0.1, -0.05) is 54.1 Å². The number of hydrogen-bond acceptors (Lipinski definition) is 8. The highest BCUT2D eigenvalue weighted by molar-refractivity contribution is 7.85. The predicted octanol–water partition coefficient (Wildman–Crippen LogP) is 9.33. The second-order valence-electron chi connectivity index (χ2n) is 12.4. The summed E-state index contributed by atoms with van der Waals surface area (Å²) in [6.07, 6.45) is 0. The van der Waals surface area contributed by atoms with Gasteiger partial charge < -0.3 is 18.9 Å². The minimum Gasteiger partial charge on any atom is -0.497 e. The Morgan fingerprint density at radius 1 is 0.566 bits per heavy atom. The van der Waals surface area contributed by atoms with Gasteiger partial charge in [0, 0.05) is 27.8 Å². The highest BCUT2D eigenvalue weighted by Gasteiger charge is 2.16. The molecule has 0 aliphatic heterocycles. The number of aryl methyl sites for hydroxylation is 2. The summed E-state index contributed by atoms with van der Waals surface area (Å²) in [6.45, 7) is 4.20. The molecule has 0 saturated heterocycles. The molecule has 6 rings (SSSR count). The average molecular weight is 729 g/mol. The normalized spacial score (nSPS) is 11.1. The van der Waals surface area contributed by atoms with E-state index >= 15 is 0 Å². The van der Waals surface area contributed by atoms with Crippen LogP contribution in [0.4, 0.5) is 0 Å². The molecule has 0 amide bonds. The Kier molecular flexibility index (Phi) is 11.0. The monoisotopic (exact) mass is 728 g/mol. The van der Waals surface area contributed by atoms with Crippen molar-refractivity contribution in [3.8, 4) is 34.5 Å². The highest BCUT2D eigenvalue weighted by Crippen LogP contribution is 2.31. The fourth-order valence-corrected chi connectivity index (χ4v) is 6.10. The van der Waals surface area contributed by atoms with Gasteiger partial charge in [-0.15, -0.1) is 0 Å². The lowest BCUT2D eigenvalue weighted by molar-refractivity contribution is 0.103. The highest BCUT2D eigenvalue weighted by atomic mass is 32.2. The molecule has 10 heteroatoms. The van der Waals surface area contributed by atoms with Crippen LogP contribution < -0.4 is 18.9 Å². The van der Waals surface area contributed by atoms with E-state index in [4.69, 9.17) is 18.9 Å². The molecule has 0 heterocycles. The molecule has 0 atom stereocenters. The summed E-state index contributed by atoms with van der Waals surface area (Å²) in [4.78, 5) is 26.0. The van der Waals surface area contributed by atoms with Gasteiger partial charge in [-0.3, -0.25) is 14.1 Å². The lowest BCUT2D eigenvalue weighted by Crippen LogP contribution is -2.04. The Balaban J connectivity index is 1.02. The summed E-state index contributed by atoms with van der Waals surface area (Å²) in [6, 6.07) is 38.4. The molecule has 1 N–H and O–H groups in total. The van der Waals surface area contributed by atoms with Crippen LogP contribution in [0.15, 0.2) is 133 Å². The molecule has 6 aromatic carbocycles. The third-order valence-electron chi connectivity index (χ3n) is 8.38. The SMILES string of the molecule is COc1ccc(Oc2ccc(C(=O)c3ccc(COc4ccc(Oc5ccc(C(=O)c6ccc(C)cc6)cc5)c(C)c4)cc3)cc2)c(CS(=O)(=O)O)c1. The number of carbonyl (C=O) groups is 2. The second kappa shape index (κ2) is 16.0. The number of hydrogen-bond donors (Lipinski definition) is 1. The van der Waals surface area contributed by atoms with E-state index in [0.29, 0.717) is 57.6 Å². The molecule has 0 aliphatic rings. The molecule has 0 bridgehead atoms. The van der Waals surface area contributed by atoms with Crippen LogP contribution in [0.25, 0.3) is 0 Å². The zero-order chi connectivity index (χ0) is 37.5. The first-order valence-corrected chi connectivity index (χ1v) is 18.2. The first-order valence-electron chi connectivity index (χ1n) is 16.6. The molecular weight excluding hydrogens is 693 g/mol. The van der Waals surface area contributed by atoms with Crippen LogP contribution in [0, 0.1) is 13.8 Å². The largest absolute Gasteiger partial charge is 0.497 e. The van der Waals surface area contributed by atoms with E-state index in [0.717, 1.165) is 16.7 Å². The number of ketones is 2. The van der Waals surface area contributed by atoms with Crippen LogP contribution in [-0.2, 0) is 22.5 Å². The molecule has 0 spiro atoms. The first kappa shape index (κ1) is 36.6. The Morgan fingerprint density at radius 2 is 1.02 bits per heavy atom. The van der Waals surface area contributed by atoms with Crippen molar-refractivity contribution in [2.75, 3.05) is 7.11 Å². The number of methoxy groups -OCH3 is 1. The lowest BCUT2D eigenvalue weighted by atomic mass is 10.0. The molecular formula is C43H36O9S. The van der Waals surface area contributed by atoms with Crippen LogP contribution in [0.1, 0.15) is 54.1 Å². The Bertz CT molecular complexity index is 2350. The van der Waals surface area contributed by atoms with E-state index in [1.54, 1.807) is 72.8 Å². The minimum atomic E-state index is -4.31. The predicted molar refractivity (Wildman–Crippen MR) is 201 cm³/mol. The van der Waals surface area contributed by atoms with Crippen molar-refractivity contribution in [3.63, 3.8) is 0 Å². The van der Waals surface area contributed by atoms with Gasteiger partial charge in [0.1, 0.15) is 46.9 Å². The van der Waals surface area contributed by atoms with E-state index in [2.05, 4.69) is 0 Å². The van der Waals surface area contributed by atoms with Gasteiger partial charge in [0.05, 0.1) is 7.11 Å². The Hall–Kier alpha value is -6.23. The van der Waals surface area contributed by atoms with E-state index in [9.17, 15) is 22.6 Å². The van der Waals surface area contributed by atoms with Gasteiger partial charge in [0.2, 0.25) is 0 Å². The van der Waals surface area contributed by atoms with Crippen molar-refractivity contribution < 1.29 is 41.5 Å². The maximum Gasteiger partial charge on any atom is 0.269 e. The summed E-state index contributed by atoms with van der Waals surface area (Å²) in [7, 11) is -2.86. The standard InChI is InChI=1S/C43H36O9S/c1-28-4-8-31(9-5-28)42(44)33-12-16-36(17-13-33)51-40-22-21-39(24-29(40)2)50-26-30-6-10-32(11-7-30)43(45)34-14-18-37(19-15-34)52-41-23-20-38(49-3)25-35(41)27-53(46,47)48/h4-25H,26-27H2,1-3H3,(H,46,47,48). The summed E-state index contributed by atoms with van der Waals surface area (Å²) < 4.78 is 55.5. The summed E-state index contributed by atoms with van der Waals surface area (Å²) >= 11 is 0. The minimum absolute atomic E-state index is 0.0438. The van der Waals surface area contributed by atoms with Crippen molar-refractivity contribution in [1.29, 1.82) is 0 Å². The maximum atomic E-state index is 13.2. The summed E-state index contributed by atoms with van der Waals surface area (Å²) in [5.74, 6) is 2.10. The van der Waals surface area contributed by atoms with Crippen molar-refractivity contribution in [2.24, 2.45) is 0 Å². The second-order valence-corrected chi connectivity index (χ2v) is 13.8. The third-order valence-corrected chi connectivity index (χ3v) is 9.05. The molecule has 0 radical (unpaired) electrons. The van der Waals surface area contributed by atoms with Gasteiger partial charge in [-0.05, 0) is 110 Å². The Morgan fingerprint density at radius 3 is 1.53 bits per heavy atom. The van der Waals surface area contributed by atoms with Gasteiger partial charge in [0.15, 0.2) is 11.6 Å². The fraction of sp³-hybridized carbons (Fsp3) is 0.116. The average Bonchev–Trinajstić information content (AvgIpc) is 3.15. The summed E-state index contributed by atoms with van der Waals surface area (Å²) in [5.41, 5.74) is 5.25. The van der Waals surface area contributed by atoms with Gasteiger partial charge >= 0.3 is 0 Å². The number of ether oxygens (including phenoxy) is 4. The smallest absolute Gasteiger partial charge is 0.269 e. The molecule has 6 aromatic rings. The van der Waals surface area contributed by atoms with Gasteiger partial charge in [-0.2, -0.15) is 8.42 Å². The molecule has 268 valence electrons. The number of carbonyl (C=O) groups excluding carboxylic acids is 2. The van der Waals surface area contributed by atoms with Crippen molar-refractivity contribution in [1.82, 2.24) is 0 Å². The molecule has 0 fully saturated rings. The van der Waals surface area contributed by atoms with E-state index in [1.165, 1.54) is 13.2 Å². The van der Waals surface area contributed by atoms with Gasteiger partial charge in [0.25, 0.3) is 10.1 Å². The molecule has 0 aromatic heterocycles. The van der Waals surface area contributed by atoms with E-state index in [-0.39, 0.29) is 22.9 Å². The van der Waals surface area contributed by atoms with E-state index in [1.807, 2.05) is 68.4 Å².